The first-order chi connectivity index (χ1) is 12.7. The Balaban J connectivity index is 0.00000140. The van der Waals surface area contributed by atoms with Crippen LogP contribution in [-0.2, 0) is 17.8 Å². The first-order valence-electron chi connectivity index (χ1n) is 9.46. The van der Waals surface area contributed by atoms with Gasteiger partial charge in [0.1, 0.15) is 11.6 Å². The van der Waals surface area contributed by atoms with Crippen LogP contribution in [0.25, 0.3) is 11.4 Å². The van der Waals surface area contributed by atoms with Crippen molar-refractivity contribution in [3.05, 3.63) is 29.8 Å². The molecule has 0 saturated carbocycles. The van der Waals surface area contributed by atoms with Crippen LogP contribution in [0.5, 0.6) is 0 Å². The average Bonchev–Trinajstić information content (AvgIpc) is 2.92. The number of benzene rings is 1. The molecule has 0 aliphatic carbocycles. The van der Waals surface area contributed by atoms with Crippen LogP contribution in [0.3, 0.4) is 0 Å². The highest BCUT2D eigenvalue weighted by Crippen LogP contribution is 2.27. The molecule has 3 heterocycles. The number of carbonyl (C=O) groups excluding carboxylic acids is 1. The van der Waals surface area contributed by atoms with Gasteiger partial charge in [0.05, 0.1) is 11.6 Å². The smallest absolute Gasteiger partial charge is 0.228 e. The number of piperidine rings is 1. The largest absolute Gasteiger partial charge is 0.323 e. The fraction of sp³-hybridized carbons (Fsp3) is 0.526. The van der Waals surface area contributed by atoms with Crippen molar-refractivity contribution in [2.75, 3.05) is 18.4 Å². The van der Waals surface area contributed by atoms with Gasteiger partial charge in [-0.2, -0.15) is 0 Å². The van der Waals surface area contributed by atoms with Crippen LogP contribution in [-0.4, -0.2) is 33.8 Å². The topological polar surface area (TPSA) is 71.8 Å². The maximum atomic E-state index is 14.3. The summed E-state index contributed by atoms with van der Waals surface area (Å²) in [6.45, 7) is 2.46. The summed E-state index contributed by atoms with van der Waals surface area (Å²) in [6.07, 6.45) is 6.12. The molecule has 154 valence electrons. The van der Waals surface area contributed by atoms with E-state index >= 15 is 0 Å². The second kappa shape index (κ2) is 10.2. The van der Waals surface area contributed by atoms with Crippen molar-refractivity contribution < 1.29 is 9.18 Å². The molecule has 2 aliphatic rings. The number of nitrogens with zero attached hydrogens (tertiary/aromatic N) is 3. The number of hydrogen-bond donors (Lipinski definition) is 2. The molecule has 1 atom stereocenters. The van der Waals surface area contributed by atoms with Gasteiger partial charge < -0.3 is 15.2 Å². The molecule has 1 aromatic heterocycles. The van der Waals surface area contributed by atoms with Crippen LogP contribution in [0, 0.1) is 11.7 Å². The van der Waals surface area contributed by atoms with E-state index in [0.717, 1.165) is 62.4 Å². The molecule has 1 fully saturated rings. The monoisotopic (exact) mass is 429 g/mol. The third-order valence-electron chi connectivity index (χ3n) is 5.26. The summed E-state index contributed by atoms with van der Waals surface area (Å²) in [5, 5.41) is 14.6. The summed E-state index contributed by atoms with van der Waals surface area (Å²) in [7, 11) is 0. The zero-order valence-corrected chi connectivity index (χ0v) is 17.3. The number of hydrogen-bond acceptors (Lipinski definition) is 4. The Morgan fingerprint density at radius 2 is 2.04 bits per heavy atom. The minimum absolute atomic E-state index is 0. The molecule has 28 heavy (non-hydrogen) atoms. The van der Waals surface area contributed by atoms with E-state index in [9.17, 15) is 9.18 Å². The minimum atomic E-state index is -0.429. The lowest BCUT2D eigenvalue weighted by atomic mass is 9.98. The third-order valence-corrected chi connectivity index (χ3v) is 5.26. The molecule has 1 aromatic carbocycles. The number of rotatable bonds is 3. The Hall–Kier alpha value is -1.70. The maximum Gasteiger partial charge on any atom is 0.228 e. The SMILES string of the molecule is Cl.Cl.O=C(Nc1cc(-c2nnc3n2CCCCC3)ccc1F)C1CCCNC1. The highest BCUT2D eigenvalue weighted by Gasteiger charge is 2.22. The van der Waals surface area contributed by atoms with Crippen LogP contribution in [0.1, 0.15) is 37.9 Å². The van der Waals surface area contributed by atoms with Crippen molar-refractivity contribution in [3.63, 3.8) is 0 Å². The molecule has 1 unspecified atom stereocenters. The molecule has 9 heteroatoms. The lowest BCUT2D eigenvalue weighted by Crippen LogP contribution is -2.37. The molecule has 1 amide bonds. The lowest BCUT2D eigenvalue weighted by molar-refractivity contribution is -0.120. The number of carbonyl (C=O) groups is 1. The van der Waals surface area contributed by atoms with E-state index in [0.29, 0.717) is 6.54 Å². The lowest BCUT2D eigenvalue weighted by Gasteiger charge is -2.22. The van der Waals surface area contributed by atoms with Gasteiger partial charge in [-0.25, -0.2) is 4.39 Å². The van der Waals surface area contributed by atoms with E-state index in [4.69, 9.17) is 0 Å². The van der Waals surface area contributed by atoms with E-state index in [1.165, 1.54) is 12.5 Å². The van der Waals surface area contributed by atoms with Gasteiger partial charge in [-0.15, -0.1) is 35.0 Å². The molecule has 2 N–H and O–H groups in total. The normalized spacial score (nSPS) is 18.8. The van der Waals surface area contributed by atoms with Crippen LogP contribution in [0.15, 0.2) is 18.2 Å². The molecule has 0 spiro atoms. The van der Waals surface area contributed by atoms with Crippen LogP contribution in [0.4, 0.5) is 10.1 Å². The van der Waals surface area contributed by atoms with Crippen LogP contribution in [0.2, 0.25) is 0 Å². The van der Waals surface area contributed by atoms with Gasteiger partial charge in [-0.05, 0) is 50.4 Å². The van der Waals surface area contributed by atoms with Crippen LogP contribution < -0.4 is 10.6 Å². The number of aromatic nitrogens is 3. The summed E-state index contributed by atoms with van der Waals surface area (Å²) in [5.74, 6) is 1.06. The van der Waals surface area contributed by atoms with Crippen molar-refractivity contribution in [2.24, 2.45) is 5.92 Å². The molecule has 0 radical (unpaired) electrons. The predicted octanol–water partition coefficient (Wildman–Crippen LogP) is 3.59. The quantitative estimate of drug-likeness (QED) is 0.781. The number of anilines is 1. The molecule has 2 aromatic rings. The number of amides is 1. The van der Waals surface area contributed by atoms with E-state index in [1.807, 2.05) is 0 Å². The van der Waals surface area contributed by atoms with E-state index in [2.05, 4.69) is 25.4 Å². The van der Waals surface area contributed by atoms with E-state index in [1.54, 1.807) is 12.1 Å². The van der Waals surface area contributed by atoms with Gasteiger partial charge in [0.25, 0.3) is 0 Å². The van der Waals surface area contributed by atoms with Gasteiger partial charge in [0.2, 0.25) is 5.91 Å². The maximum absolute atomic E-state index is 14.3. The number of aryl methyl sites for hydroxylation is 1. The van der Waals surface area contributed by atoms with Gasteiger partial charge in [-0.1, -0.05) is 6.42 Å². The van der Waals surface area contributed by atoms with Crippen molar-refractivity contribution in [3.8, 4) is 11.4 Å². The molecular weight excluding hydrogens is 404 g/mol. The van der Waals surface area contributed by atoms with Crippen molar-refractivity contribution >= 4 is 36.4 Å². The second-order valence-corrected chi connectivity index (χ2v) is 7.13. The predicted molar refractivity (Wildman–Crippen MR) is 112 cm³/mol. The highest BCUT2D eigenvalue weighted by molar-refractivity contribution is 5.93. The van der Waals surface area contributed by atoms with E-state index < -0.39 is 5.82 Å². The summed E-state index contributed by atoms with van der Waals surface area (Å²) >= 11 is 0. The highest BCUT2D eigenvalue weighted by atomic mass is 35.5. The number of fused-ring (bicyclic) bond motifs is 1. The summed E-state index contributed by atoms with van der Waals surface area (Å²) in [4.78, 5) is 12.4. The van der Waals surface area contributed by atoms with Gasteiger partial charge in [0.15, 0.2) is 5.82 Å². The molecular formula is C19H26Cl2FN5O. The van der Waals surface area contributed by atoms with Gasteiger partial charge >= 0.3 is 0 Å². The molecule has 1 saturated heterocycles. The Labute approximate surface area is 176 Å². The Morgan fingerprint density at radius 1 is 1.18 bits per heavy atom. The minimum Gasteiger partial charge on any atom is -0.323 e. The average molecular weight is 430 g/mol. The zero-order chi connectivity index (χ0) is 17.9. The summed E-state index contributed by atoms with van der Waals surface area (Å²) in [5.41, 5.74) is 0.994. The third kappa shape index (κ3) is 4.82. The van der Waals surface area contributed by atoms with Crippen molar-refractivity contribution in [2.45, 2.75) is 45.1 Å². The Morgan fingerprint density at radius 3 is 2.82 bits per heavy atom. The zero-order valence-electron chi connectivity index (χ0n) is 15.6. The van der Waals surface area contributed by atoms with Crippen molar-refractivity contribution in [1.82, 2.24) is 20.1 Å². The summed E-state index contributed by atoms with van der Waals surface area (Å²) < 4.78 is 16.4. The van der Waals surface area contributed by atoms with E-state index in [-0.39, 0.29) is 42.3 Å². The Bertz CT molecular complexity index is 808. The first-order valence-corrected chi connectivity index (χ1v) is 9.46. The van der Waals surface area contributed by atoms with Crippen LogP contribution >= 0.6 is 24.8 Å². The molecule has 0 bridgehead atoms. The second-order valence-electron chi connectivity index (χ2n) is 7.13. The van der Waals surface area contributed by atoms with Gasteiger partial charge in [-0.3, -0.25) is 4.79 Å². The number of nitrogens with one attached hydrogen (secondary N) is 2. The number of halogens is 3. The molecule has 2 aliphatic heterocycles. The molecule has 6 nitrogen and oxygen atoms in total. The van der Waals surface area contributed by atoms with Gasteiger partial charge in [0, 0.05) is 25.1 Å². The standard InChI is InChI=1S/C19H24FN5O.2ClH/c20-15-8-7-13(18-24-23-17-6-2-1-3-10-25(17)18)11-16(15)22-19(26)14-5-4-9-21-12-14;;/h7-8,11,14,21H,1-6,9-10,12H2,(H,22,26);2*1H. The molecule has 4 rings (SSSR count). The van der Waals surface area contributed by atoms with Crippen molar-refractivity contribution in [1.29, 1.82) is 0 Å². The fourth-order valence-corrected chi connectivity index (χ4v) is 3.77. The summed E-state index contributed by atoms with van der Waals surface area (Å²) in [6, 6.07) is 4.77. The Kier molecular flexibility index (Phi) is 8.22. The fourth-order valence-electron chi connectivity index (χ4n) is 3.77. The first kappa shape index (κ1) is 22.6.